The minimum absolute atomic E-state index is 0.0445. The zero-order valence-corrected chi connectivity index (χ0v) is 13.9. The summed E-state index contributed by atoms with van der Waals surface area (Å²) in [5.74, 6) is 0.319. The van der Waals surface area contributed by atoms with Crippen LogP contribution in [0, 0.1) is 23.7 Å². The van der Waals surface area contributed by atoms with E-state index in [-0.39, 0.29) is 42.1 Å². The van der Waals surface area contributed by atoms with Crippen LogP contribution in [-0.2, 0) is 14.4 Å². The second-order valence-electron chi connectivity index (χ2n) is 7.94. The lowest BCUT2D eigenvalue weighted by atomic mass is 9.81. The first-order valence-electron chi connectivity index (χ1n) is 9.19. The third-order valence-electron chi connectivity index (χ3n) is 6.83. The highest BCUT2D eigenvalue weighted by Gasteiger charge is 2.61. The van der Waals surface area contributed by atoms with Crippen molar-refractivity contribution in [1.29, 1.82) is 0 Å². The van der Waals surface area contributed by atoms with Crippen LogP contribution in [0.1, 0.15) is 51.4 Å². The first-order valence-corrected chi connectivity index (χ1v) is 9.19. The summed E-state index contributed by atoms with van der Waals surface area (Å²) in [6.45, 7) is -0.0445. The first kappa shape index (κ1) is 15.2. The van der Waals surface area contributed by atoms with E-state index in [0.29, 0.717) is 11.8 Å². The monoisotopic (exact) mass is 318 g/mol. The van der Waals surface area contributed by atoms with E-state index in [1.807, 2.05) is 7.05 Å². The van der Waals surface area contributed by atoms with Crippen molar-refractivity contribution >= 4 is 17.7 Å². The average Bonchev–Trinajstić information content (AvgIpc) is 3.24. The maximum atomic E-state index is 12.7. The van der Waals surface area contributed by atoms with Gasteiger partial charge in [0.1, 0.15) is 6.54 Å². The fourth-order valence-electron chi connectivity index (χ4n) is 5.55. The standard InChI is InChI=1S/C18H26N2O3/c1-19(13-5-3-2-4-6-13)14(21)10-20-17(22)15-11-7-8-12(9-11)16(15)18(20)23/h11-13,15-16H,2-10H2,1H3. The molecule has 0 radical (unpaired) electrons. The SMILES string of the molecule is CN(C(=O)CN1C(=O)C2C3CCC(C3)C2C1=O)C1CCCCC1. The van der Waals surface area contributed by atoms with Crippen LogP contribution in [0.5, 0.6) is 0 Å². The van der Waals surface area contributed by atoms with Gasteiger partial charge in [0.15, 0.2) is 0 Å². The quantitative estimate of drug-likeness (QED) is 0.746. The molecule has 2 bridgehead atoms. The summed E-state index contributed by atoms with van der Waals surface area (Å²) in [6.07, 6.45) is 8.85. The van der Waals surface area contributed by atoms with E-state index in [0.717, 1.165) is 44.9 Å². The van der Waals surface area contributed by atoms with Gasteiger partial charge in [-0.15, -0.1) is 0 Å². The molecule has 5 heteroatoms. The van der Waals surface area contributed by atoms with E-state index in [4.69, 9.17) is 0 Å². The number of rotatable bonds is 3. The van der Waals surface area contributed by atoms with Gasteiger partial charge in [-0.2, -0.15) is 0 Å². The number of carbonyl (C=O) groups is 3. The van der Waals surface area contributed by atoms with Gasteiger partial charge in [0.2, 0.25) is 17.7 Å². The number of nitrogens with zero attached hydrogens (tertiary/aromatic N) is 2. The lowest BCUT2D eigenvalue weighted by molar-refractivity contribution is -0.147. The summed E-state index contributed by atoms with van der Waals surface area (Å²) < 4.78 is 0. The molecule has 3 aliphatic carbocycles. The molecule has 126 valence electrons. The summed E-state index contributed by atoms with van der Waals surface area (Å²) >= 11 is 0. The first-order chi connectivity index (χ1) is 11.1. The third-order valence-corrected chi connectivity index (χ3v) is 6.83. The Hall–Kier alpha value is -1.39. The van der Waals surface area contributed by atoms with E-state index < -0.39 is 0 Å². The average molecular weight is 318 g/mol. The third kappa shape index (κ3) is 2.31. The van der Waals surface area contributed by atoms with Gasteiger partial charge in [0, 0.05) is 13.1 Å². The Morgan fingerprint density at radius 3 is 2.13 bits per heavy atom. The summed E-state index contributed by atoms with van der Waals surface area (Å²) in [4.78, 5) is 40.9. The van der Waals surface area contributed by atoms with Crippen LogP contribution in [-0.4, -0.2) is 47.2 Å². The molecular weight excluding hydrogens is 292 g/mol. The van der Waals surface area contributed by atoms with Crippen molar-refractivity contribution in [3.8, 4) is 0 Å². The van der Waals surface area contributed by atoms with E-state index in [9.17, 15) is 14.4 Å². The van der Waals surface area contributed by atoms with Crippen molar-refractivity contribution in [2.75, 3.05) is 13.6 Å². The second-order valence-corrected chi connectivity index (χ2v) is 7.94. The van der Waals surface area contributed by atoms with Crippen molar-refractivity contribution in [2.24, 2.45) is 23.7 Å². The molecule has 3 saturated carbocycles. The molecule has 1 saturated heterocycles. The molecule has 0 aromatic heterocycles. The molecule has 1 heterocycles. The van der Waals surface area contributed by atoms with Gasteiger partial charge < -0.3 is 4.90 Å². The number of carbonyl (C=O) groups excluding carboxylic acids is 3. The van der Waals surface area contributed by atoms with Crippen molar-refractivity contribution in [3.63, 3.8) is 0 Å². The van der Waals surface area contributed by atoms with Crippen LogP contribution in [0.25, 0.3) is 0 Å². The van der Waals surface area contributed by atoms with E-state index in [1.165, 1.54) is 11.3 Å². The van der Waals surface area contributed by atoms with Crippen LogP contribution >= 0.6 is 0 Å². The van der Waals surface area contributed by atoms with Crippen LogP contribution in [0.3, 0.4) is 0 Å². The molecule has 4 atom stereocenters. The normalized spacial score (nSPS) is 36.7. The highest BCUT2D eigenvalue weighted by molar-refractivity contribution is 6.08. The Labute approximate surface area is 137 Å². The lowest BCUT2D eigenvalue weighted by Crippen LogP contribution is -2.46. The van der Waals surface area contributed by atoms with E-state index in [1.54, 1.807) is 4.90 Å². The fourth-order valence-corrected chi connectivity index (χ4v) is 5.55. The Balaban J connectivity index is 1.43. The fraction of sp³-hybridized carbons (Fsp3) is 0.833. The Kier molecular flexibility index (Phi) is 3.69. The lowest BCUT2D eigenvalue weighted by Gasteiger charge is -2.32. The van der Waals surface area contributed by atoms with E-state index >= 15 is 0 Å². The number of hydrogen-bond donors (Lipinski definition) is 0. The molecule has 5 nitrogen and oxygen atoms in total. The second kappa shape index (κ2) is 5.60. The van der Waals surface area contributed by atoms with Crippen LogP contribution in [0.2, 0.25) is 0 Å². The number of likely N-dealkylation sites (N-methyl/N-ethyl adjacent to an activating group) is 1. The molecule has 23 heavy (non-hydrogen) atoms. The van der Waals surface area contributed by atoms with Gasteiger partial charge in [-0.3, -0.25) is 19.3 Å². The molecular formula is C18H26N2O3. The van der Waals surface area contributed by atoms with Gasteiger partial charge in [-0.25, -0.2) is 0 Å². The zero-order valence-electron chi connectivity index (χ0n) is 13.9. The molecule has 4 unspecified atom stereocenters. The number of amides is 3. The highest BCUT2D eigenvalue weighted by Crippen LogP contribution is 2.56. The number of likely N-dealkylation sites (tertiary alicyclic amines) is 1. The van der Waals surface area contributed by atoms with Crippen molar-refractivity contribution in [2.45, 2.75) is 57.4 Å². The number of imide groups is 1. The minimum Gasteiger partial charge on any atom is -0.341 e. The molecule has 0 spiro atoms. The Morgan fingerprint density at radius 1 is 1.00 bits per heavy atom. The number of hydrogen-bond acceptors (Lipinski definition) is 3. The van der Waals surface area contributed by atoms with E-state index in [2.05, 4.69) is 0 Å². The summed E-state index contributed by atoms with van der Waals surface area (Å²) in [5.41, 5.74) is 0. The molecule has 0 aromatic carbocycles. The van der Waals surface area contributed by atoms with Crippen molar-refractivity contribution < 1.29 is 14.4 Å². The largest absolute Gasteiger partial charge is 0.341 e. The summed E-state index contributed by atoms with van der Waals surface area (Å²) in [7, 11) is 1.83. The molecule has 4 aliphatic rings. The maximum Gasteiger partial charge on any atom is 0.242 e. The van der Waals surface area contributed by atoms with Gasteiger partial charge in [0.25, 0.3) is 0 Å². The smallest absolute Gasteiger partial charge is 0.242 e. The molecule has 0 aromatic rings. The molecule has 3 amide bonds. The number of fused-ring (bicyclic) bond motifs is 5. The Bertz CT molecular complexity index is 512. The predicted molar refractivity (Wildman–Crippen MR) is 84.2 cm³/mol. The predicted octanol–water partition coefficient (Wildman–Crippen LogP) is 1.81. The van der Waals surface area contributed by atoms with Gasteiger partial charge >= 0.3 is 0 Å². The summed E-state index contributed by atoms with van der Waals surface area (Å²) in [6, 6.07) is 0.278. The molecule has 4 rings (SSSR count). The molecule has 0 N–H and O–H groups in total. The summed E-state index contributed by atoms with van der Waals surface area (Å²) in [5, 5.41) is 0. The van der Waals surface area contributed by atoms with Crippen LogP contribution in [0.15, 0.2) is 0 Å². The molecule has 4 fully saturated rings. The molecule has 1 aliphatic heterocycles. The van der Waals surface area contributed by atoms with Gasteiger partial charge in [0.05, 0.1) is 11.8 Å². The Morgan fingerprint density at radius 2 is 1.57 bits per heavy atom. The zero-order chi connectivity index (χ0) is 16.1. The van der Waals surface area contributed by atoms with Crippen molar-refractivity contribution in [3.05, 3.63) is 0 Å². The van der Waals surface area contributed by atoms with Crippen LogP contribution < -0.4 is 0 Å². The van der Waals surface area contributed by atoms with Gasteiger partial charge in [-0.05, 0) is 43.9 Å². The topological polar surface area (TPSA) is 57.7 Å². The maximum absolute atomic E-state index is 12.7. The minimum atomic E-state index is -0.117. The van der Waals surface area contributed by atoms with Crippen LogP contribution in [0.4, 0.5) is 0 Å². The highest BCUT2D eigenvalue weighted by atomic mass is 16.2. The van der Waals surface area contributed by atoms with Crippen molar-refractivity contribution in [1.82, 2.24) is 9.80 Å². The van der Waals surface area contributed by atoms with Gasteiger partial charge in [-0.1, -0.05) is 19.3 Å².